The van der Waals surface area contributed by atoms with E-state index < -0.39 is 49.5 Å². The number of allylic oxidation sites excluding steroid dienone is 11. The number of nitrogens with one attached hydrogen (secondary N) is 1. The molecule has 7 atom stereocenters. The predicted octanol–water partition coefficient (Wildman–Crippen LogP) is 9.00. The summed E-state index contributed by atoms with van der Waals surface area (Å²) in [6.07, 6.45) is 43.1. The molecule has 0 aromatic heterocycles. The fourth-order valence-corrected chi connectivity index (χ4v) is 6.46. The maximum atomic E-state index is 12.8. The number of aliphatic hydroxyl groups is 5. The van der Waals surface area contributed by atoms with E-state index in [0.29, 0.717) is 6.42 Å². The number of hydrogen-bond donors (Lipinski definition) is 6. The van der Waals surface area contributed by atoms with E-state index in [2.05, 4.69) is 79.9 Å². The Bertz CT molecular complexity index is 1100. The first-order chi connectivity index (χ1) is 27.3. The Morgan fingerprint density at radius 3 is 1.62 bits per heavy atom. The summed E-state index contributed by atoms with van der Waals surface area (Å²) in [5.74, 6) is -0.192. The van der Waals surface area contributed by atoms with Crippen molar-refractivity contribution in [2.75, 3.05) is 13.2 Å². The maximum Gasteiger partial charge on any atom is 0.220 e. The molecule has 0 saturated carbocycles. The van der Waals surface area contributed by atoms with Crippen molar-refractivity contribution < 1.29 is 39.8 Å². The lowest BCUT2D eigenvalue weighted by molar-refractivity contribution is -0.302. The summed E-state index contributed by atoms with van der Waals surface area (Å²) in [5.41, 5.74) is 0. The lowest BCUT2D eigenvalue weighted by Gasteiger charge is -2.40. The van der Waals surface area contributed by atoms with Gasteiger partial charge in [-0.05, 0) is 57.8 Å². The van der Waals surface area contributed by atoms with Gasteiger partial charge in [-0.15, -0.1) is 0 Å². The van der Waals surface area contributed by atoms with Crippen LogP contribution in [0.1, 0.15) is 162 Å². The van der Waals surface area contributed by atoms with E-state index in [1.165, 1.54) is 70.6 Å². The third-order valence-electron chi connectivity index (χ3n) is 10.0. The summed E-state index contributed by atoms with van der Waals surface area (Å²) in [7, 11) is 0. The molecule has 9 nitrogen and oxygen atoms in total. The highest BCUT2D eigenvalue weighted by Crippen LogP contribution is 2.22. The van der Waals surface area contributed by atoms with Gasteiger partial charge in [0.05, 0.1) is 25.4 Å². The number of aliphatic hydroxyl groups excluding tert-OH is 5. The zero-order valence-electron chi connectivity index (χ0n) is 35.1. The predicted molar refractivity (Wildman–Crippen MR) is 230 cm³/mol. The Morgan fingerprint density at radius 1 is 0.625 bits per heavy atom. The molecule has 0 bridgehead atoms. The molecule has 322 valence electrons. The molecule has 6 N–H and O–H groups in total. The van der Waals surface area contributed by atoms with Gasteiger partial charge < -0.3 is 40.3 Å². The molecule has 1 fully saturated rings. The van der Waals surface area contributed by atoms with Crippen LogP contribution in [0.5, 0.6) is 0 Å². The van der Waals surface area contributed by atoms with Crippen LogP contribution in [0.15, 0.2) is 72.9 Å². The third-order valence-corrected chi connectivity index (χ3v) is 10.0. The van der Waals surface area contributed by atoms with Crippen LogP contribution in [0.2, 0.25) is 0 Å². The van der Waals surface area contributed by atoms with E-state index in [-0.39, 0.29) is 12.5 Å². The molecule has 0 aromatic carbocycles. The van der Waals surface area contributed by atoms with Gasteiger partial charge in [-0.1, -0.05) is 170 Å². The normalized spacial score (nSPS) is 21.9. The second-order valence-electron chi connectivity index (χ2n) is 15.1. The quantitative estimate of drug-likeness (QED) is 0.0276. The van der Waals surface area contributed by atoms with E-state index in [1.807, 2.05) is 6.08 Å². The second kappa shape index (κ2) is 36.9. The van der Waals surface area contributed by atoms with Crippen molar-refractivity contribution >= 4 is 5.91 Å². The summed E-state index contributed by atoms with van der Waals surface area (Å²) in [4.78, 5) is 12.8. The second-order valence-corrected chi connectivity index (χ2v) is 15.1. The van der Waals surface area contributed by atoms with E-state index in [1.54, 1.807) is 6.08 Å². The Labute approximate surface area is 340 Å². The van der Waals surface area contributed by atoms with Gasteiger partial charge in [0.1, 0.15) is 24.4 Å². The Morgan fingerprint density at radius 2 is 1.11 bits per heavy atom. The highest BCUT2D eigenvalue weighted by molar-refractivity contribution is 5.76. The molecule has 1 aliphatic heterocycles. The fraction of sp³-hybridized carbons (Fsp3) is 0.723. The van der Waals surface area contributed by atoms with E-state index >= 15 is 0 Å². The first-order valence-corrected chi connectivity index (χ1v) is 22.2. The molecule has 1 amide bonds. The van der Waals surface area contributed by atoms with Gasteiger partial charge in [0.25, 0.3) is 0 Å². The zero-order chi connectivity index (χ0) is 40.9. The molecule has 1 saturated heterocycles. The molecular formula is C47H81NO8. The number of unbranched alkanes of at least 4 members (excludes halogenated alkanes) is 15. The van der Waals surface area contributed by atoms with Crippen LogP contribution in [0, 0.1) is 0 Å². The number of rotatable bonds is 35. The van der Waals surface area contributed by atoms with Gasteiger partial charge in [0.2, 0.25) is 5.91 Å². The molecule has 1 rings (SSSR count). The van der Waals surface area contributed by atoms with Crippen molar-refractivity contribution in [2.45, 2.75) is 204 Å². The standard InChI is InChI=1S/C47H81NO8/c1-3-5-7-9-10-11-12-13-14-15-16-17-18-19-20-21-22-23-24-25-26-27-28-29-30-31-32-33-35-37-43(51)48-40(41(50)36-34-8-6-4-2)39-55-47-46(54)45(53)44(52)42(38-49)56-47/h5,7,10-11,13-14,16-17,19-20,34,36,40-42,44-47,49-50,52-54H,3-4,6,8-9,12,15,18,21-33,35,37-39H2,1-2H3,(H,48,51)/b7-5-,11-10-,14-13-,17-16-,20-19-,36-34+. The van der Waals surface area contributed by atoms with Crippen LogP contribution in [-0.4, -0.2) is 87.5 Å². The first kappa shape index (κ1) is 51.6. The number of amides is 1. The molecule has 7 unspecified atom stereocenters. The number of hydrogen-bond acceptors (Lipinski definition) is 8. The largest absolute Gasteiger partial charge is 0.394 e. The van der Waals surface area contributed by atoms with E-state index in [0.717, 1.165) is 70.6 Å². The smallest absolute Gasteiger partial charge is 0.220 e. The molecule has 9 heteroatoms. The molecule has 0 spiro atoms. The summed E-state index contributed by atoms with van der Waals surface area (Å²) >= 11 is 0. The molecule has 1 aliphatic rings. The summed E-state index contributed by atoms with van der Waals surface area (Å²) in [6.45, 7) is 3.48. The van der Waals surface area contributed by atoms with Crippen LogP contribution in [0.25, 0.3) is 0 Å². The van der Waals surface area contributed by atoms with Crippen molar-refractivity contribution in [1.82, 2.24) is 5.32 Å². The van der Waals surface area contributed by atoms with Crippen molar-refractivity contribution in [2.24, 2.45) is 0 Å². The number of ether oxygens (including phenoxy) is 2. The number of carbonyl (C=O) groups is 1. The average Bonchev–Trinajstić information content (AvgIpc) is 3.20. The van der Waals surface area contributed by atoms with Crippen molar-refractivity contribution in [3.05, 3.63) is 72.9 Å². The monoisotopic (exact) mass is 788 g/mol. The van der Waals surface area contributed by atoms with Gasteiger partial charge in [0.15, 0.2) is 6.29 Å². The highest BCUT2D eigenvalue weighted by Gasteiger charge is 2.44. The SMILES string of the molecule is CC/C=C\C/C=C\C/C=C\C/C=C\C/C=C\CCCCCCCCCCCCCCCC(=O)NC(COC1OC(CO)C(O)C(O)C1O)C(O)/C=C/CCCC. The van der Waals surface area contributed by atoms with Gasteiger partial charge in [-0.2, -0.15) is 0 Å². The van der Waals surface area contributed by atoms with Crippen molar-refractivity contribution in [3.8, 4) is 0 Å². The fourth-order valence-electron chi connectivity index (χ4n) is 6.46. The van der Waals surface area contributed by atoms with Crippen molar-refractivity contribution in [1.29, 1.82) is 0 Å². The Balaban J connectivity index is 2.09. The summed E-state index contributed by atoms with van der Waals surface area (Å²) < 4.78 is 11.1. The van der Waals surface area contributed by atoms with Crippen LogP contribution in [0.3, 0.4) is 0 Å². The molecule has 1 heterocycles. The molecular weight excluding hydrogens is 707 g/mol. The van der Waals surface area contributed by atoms with Crippen LogP contribution < -0.4 is 5.32 Å². The van der Waals surface area contributed by atoms with E-state index in [4.69, 9.17) is 9.47 Å². The topological polar surface area (TPSA) is 149 Å². The van der Waals surface area contributed by atoms with Crippen LogP contribution in [0.4, 0.5) is 0 Å². The maximum absolute atomic E-state index is 12.8. The lowest BCUT2D eigenvalue weighted by atomic mass is 9.99. The summed E-state index contributed by atoms with van der Waals surface area (Å²) in [5, 5.41) is 53.5. The minimum atomic E-state index is -1.57. The van der Waals surface area contributed by atoms with Gasteiger partial charge in [-0.3, -0.25) is 4.79 Å². The first-order valence-electron chi connectivity index (χ1n) is 22.2. The summed E-state index contributed by atoms with van der Waals surface area (Å²) in [6, 6.07) is -0.803. The average molecular weight is 788 g/mol. The van der Waals surface area contributed by atoms with Gasteiger partial charge in [0, 0.05) is 6.42 Å². The van der Waals surface area contributed by atoms with Gasteiger partial charge >= 0.3 is 0 Å². The Kier molecular flexibility index (Phi) is 34.1. The van der Waals surface area contributed by atoms with Gasteiger partial charge in [-0.25, -0.2) is 0 Å². The number of carbonyl (C=O) groups excluding carboxylic acids is 1. The molecule has 0 aliphatic carbocycles. The van der Waals surface area contributed by atoms with Crippen LogP contribution >= 0.6 is 0 Å². The minimum Gasteiger partial charge on any atom is -0.394 e. The molecule has 56 heavy (non-hydrogen) atoms. The highest BCUT2D eigenvalue weighted by atomic mass is 16.7. The van der Waals surface area contributed by atoms with Crippen molar-refractivity contribution in [3.63, 3.8) is 0 Å². The lowest BCUT2D eigenvalue weighted by Crippen LogP contribution is -2.60. The molecule has 0 aromatic rings. The zero-order valence-corrected chi connectivity index (χ0v) is 35.1. The third kappa shape index (κ3) is 27.3. The Hall–Kier alpha value is -2.37. The molecule has 0 radical (unpaired) electrons. The van der Waals surface area contributed by atoms with E-state index in [9.17, 15) is 30.3 Å². The van der Waals surface area contributed by atoms with Crippen LogP contribution in [-0.2, 0) is 14.3 Å². The minimum absolute atomic E-state index is 0.192.